The van der Waals surface area contributed by atoms with E-state index in [-0.39, 0.29) is 35.4 Å². The molecular formula is C53H63ClFN7O8S. The molecule has 0 spiro atoms. The van der Waals surface area contributed by atoms with Gasteiger partial charge in [-0.2, -0.15) is 0 Å². The number of likely N-dealkylation sites (tertiary alicyclic amines) is 1. The lowest BCUT2D eigenvalue weighted by atomic mass is 9.70. The van der Waals surface area contributed by atoms with Crippen molar-refractivity contribution in [3.63, 3.8) is 0 Å². The summed E-state index contributed by atoms with van der Waals surface area (Å²) >= 11 is 6.27. The van der Waals surface area contributed by atoms with E-state index in [0.29, 0.717) is 49.7 Å². The standard InChI is InChI=1S/C53H63ClFN7O8S/c1-36(2)29-46(38-5-7-40(54)8-6-38)37(3)33-53(16-4-17-53)61-25-23-60(24-26-61)42-9-11-45(49(31-42)70-43-30-39-13-20-56-50(39)57-34-43)51(63)58-71(66,67)44-10-12-48(47(32-44)62(64)65)69-35-52(55)18-21-59(22-19-52)41-14-27-68-28-15-41/h5-13,20,30-32,34,36,41H,4,14-19,21-29,33,35H2,1-3H3,(H,56,57)(H,58,63)/b46-37-. The number of halogens is 2. The third-order valence-corrected chi connectivity index (χ3v) is 16.5. The number of pyridine rings is 1. The van der Waals surface area contributed by atoms with Gasteiger partial charge in [-0.15, -0.1) is 0 Å². The number of rotatable bonds is 17. The highest BCUT2D eigenvalue weighted by Gasteiger charge is 2.44. The number of H-pyrrole nitrogens is 1. The topological polar surface area (TPSA) is 172 Å². The first-order valence-electron chi connectivity index (χ1n) is 24.8. The van der Waals surface area contributed by atoms with Crippen molar-refractivity contribution >= 4 is 55.5 Å². The summed E-state index contributed by atoms with van der Waals surface area (Å²) in [7, 11) is -4.69. The molecule has 2 aromatic heterocycles. The minimum atomic E-state index is -4.69. The highest BCUT2D eigenvalue weighted by atomic mass is 35.5. The Hall–Kier alpha value is -5.59. The highest BCUT2D eigenvalue weighted by molar-refractivity contribution is 7.90. The molecule has 1 amide bonds. The van der Waals surface area contributed by atoms with Crippen molar-refractivity contribution in [1.82, 2.24) is 24.5 Å². The van der Waals surface area contributed by atoms with Gasteiger partial charge in [-0.25, -0.2) is 22.5 Å². The van der Waals surface area contributed by atoms with E-state index in [0.717, 1.165) is 99.0 Å². The van der Waals surface area contributed by atoms with Gasteiger partial charge in [0.25, 0.3) is 15.9 Å². The van der Waals surface area contributed by atoms with Crippen LogP contribution in [0.3, 0.4) is 0 Å². The van der Waals surface area contributed by atoms with Gasteiger partial charge in [-0.1, -0.05) is 43.2 Å². The quantitative estimate of drug-likeness (QED) is 0.0668. The first kappa shape index (κ1) is 50.4. The van der Waals surface area contributed by atoms with Gasteiger partial charge in [0.2, 0.25) is 0 Å². The normalized spacial score (nSPS) is 19.3. The van der Waals surface area contributed by atoms with Crippen LogP contribution in [0.25, 0.3) is 16.6 Å². The molecular weight excluding hydrogens is 949 g/mol. The summed E-state index contributed by atoms with van der Waals surface area (Å²) in [6, 6.07) is 20.2. The maximum Gasteiger partial charge on any atom is 0.312 e. The fraction of sp³-hybridized carbons (Fsp3) is 0.472. The van der Waals surface area contributed by atoms with E-state index in [1.165, 1.54) is 35.4 Å². The number of hydrogen-bond donors (Lipinski definition) is 2. The highest BCUT2D eigenvalue weighted by Crippen LogP contribution is 2.45. The summed E-state index contributed by atoms with van der Waals surface area (Å²) in [5.41, 5.74) is 3.07. The van der Waals surface area contributed by atoms with Crippen LogP contribution >= 0.6 is 11.6 Å². The third-order valence-electron chi connectivity index (χ3n) is 14.9. The molecule has 0 atom stereocenters. The zero-order valence-corrected chi connectivity index (χ0v) is 42.2. The van der Waals surface area contributed by atoms with Gasteiger partial charge in [0.05, 0.1) is 21.6 Å². The van der Waals surface area contributed by atoms with E-state index < -0.39 is 43.7 Å². The van der Waals surface area contributed by atoms with Crippen LogP contribution in [0, 0.1) is 16.0 Å². The number of aromatic nitrogens is 2. The lowest BCUT2D eigenvalue weighted by Gasteiger charge is -2.54. The number of amides is 1. The third kappa shape index (κ3) is 11.5. The maximum absolute atomic E-state index is 16.0. The second kappa shape index (κ2) is 21.2. The molecule has 5 heterocycles. The van der Waals surface area contributed by atoms with Crippen LogP contribution < -0.4 is 19.1 Å². The van der Waals surface area contributed by atoms with Crippen molar-refractivity contribution in [2.75, 3.05) is 64.0 Å². The number of piperidine rings is 1. The zero-order valence-electron chi connectivity index (χ0n) is 40.6. The number of carbonyl (C=O) groups is 1. The largest absolute Gasteiger partial charge is 0.483 e. The molecule has 1 saturated carbocycles. The minimum absolute atomic E-state index is 0.0735. The number of carbonyl (C=O) groups excluding carboxylic acids is 1. The average Bonchev–Trinajstić information content (AvgIpc) is 3.82. The molecule has 4 aliphatic rings. The fourth-order valence-electron chi connectivity index (χ4n) is 10.8. The van der Waals surface area contributed by atoms with Crippen molar-refractivity contribution in [2.45, 2.75) is 101 Å². The number of alkyl halides is 1. The number of benzene rings is 3. The van der Waals surface area contributed by atoms with Gasteiger partial charge in [-0.3, -0.25) is 24.7 Å². The van der Waals surface area contributed by atoms with Crippen LogP contribution in [-0.4, -0.2) is 115 Å². The Bertz CT molecular complexity index is 2870. The molecule has 0 bridgehead atoms. The molecule has 1 aliphatic carbocycles. The number of nitrogens with one attached hydrogen (secondary N) is 2. The van der Waals surface area contributed by atoms with Crippen LogP contribution in [0.1, 0.15) is 94.5 Å². The number of anilines is 1. The Morgan fingerprint density at radius 2 is 1.70 bits per heavy atom. The average molecular weight is 1010 g/mol. The number of fused-ring (bicyclic) bond motifs is 1. The number of nitro groups is 1. The fourth-order valence-corrected chi connectivity index (χ4v) is 11.9. The SMILES string of the molecule is C/C(CC1(N2CCN(c3ccc(C(=O)NS(=O)(=O)c4ccc(OCC5(F)CCN(C6CCOCC6)CC5)c([N+](=O)[O-])c4)c(Oc4cnc5[nH]ccc5c4)c3)CC2)CCC1)=C(\CC(C)C)c1ccc(Cl)cc1. The Morgan fingerprint density at radius 3 is 2.38 bits per heavy atom. The van der Waals surface area contributed by atoms with Gasteiger partial charge in [0, 0.05) is 98.5 Å². The lowest BCUT2D eigenvalue weighted by Crippen LogP contribution is -2.60. The monoisotopic (exact) mass is 1010 g/mol. The summed E-state index contributed by atoms with van der Waals surface area (Å²) in [4.78, 5) is 39.7. The number of aromatic amines is 1. The molecule has 0 unspecified atom stereocenters. The number of nitro benzene ring substituents is 1. The van der Waals surface area contributed by atoms with Gasteiger partial charge >= 0.3 is 5.69 Å². The molecule has 5 aromatic rings. The first-order chi connectivity index (χ1) is 34.1. The number of hydrogen-bond acceptors (Lipinski definition) is 12. The smallest absolute Gasteiger partial charge is 0.312 e. The molecule has 4 fully saturated rings. The molecule has 2 N–H and O–H groups in total. The van der Waals surface area contributed by atoms with Crippen LogP contribution in [0.5, 0.6) is 17.2 Å². The zero-order chi connectivity index (χ0) is 49.9. The molecule has 3 aliphatic heterocycles. The molecule has 3 saturated heterocycles. The van der Waals surface area contributed by atoms with E-state index in [2.05, 4.69) is 62.3 Å². The molecule has 3 aromatic carbocycles. The summed E-state index contributed by atoms with van der Waals surface area (Å²) in [5.74, 6) is -0.357. The van der Waals surface area contributed by atoms with Crippen molar-refractivity contribution < 1.29 is 36.7 Å². The Kier molecular flexibility index (Phi) is 15.1. The van der Waals surface area contributed by atoms with E-state index in [4.69, 9.17) is 25.8 Å². The minimum Gasteiger partial charge on any atom is -0.483 e. The van der Waals surface area contributed by atoms with E-state index >= 15 is 4.39 Å². The summed E-state index contributed by atoms with van der Waals surface area (Å²) in [6.07, 6.45) is 10.9. The van der Waals surface area contributed by atoms with Crippen LogP contribution in [0.4, 0.5) is 15.8 Å². The van der Waals surface area contributed by atoms with Gasteiger partial charge in [0.15, 0.2) is 5.75 Å². The molecule has 378 valence electrons. The number of sulfonamides is 1. The molecule has 9 rings (SSSR count). The summed E-state index contributed by atoms with van der Waals surface area (Å²) in [5, 5.41) is 13.8. The molecule has 71 heavy (non-hydrogen) atoms. The maximum atomic E-state index is 16.0. The summed E-state index contributed by atoms with van der Waals surface area (Å²) < 4.78 is 63.3. The predicted molar refractivity (Wildman–Crippen MR) is 273 cm³/mol. The first-order valence-corrected chi connectivity index (χ1v) is 26.6. The van der Waals surface area contributed by atoms with Crippen molar-refractivity contribution in [2.24, 2.45) is 5.92 Å². The lowest BCUT2D eigenvalue weighted by molar-refractivity contribution is -0.386. The molecule has 18 heteroatoms. The van der Waals surface area contributed by atoms with Crippen molar-refractivity contribution in [3.8, 4) is 17.2 Å². The number of ether oxygens (including phenoxy) is 3. The second-order valence-electron chi connectivity index (χ2n) is 20.1. The van der Waals surface area contributed by atoms with Crippen molar-refractivity contribution in [1.29, 1.82) is 0 Å². The Balaban J connectivity index is 0.901. The van der Waals surface area contributed by atoms with Crippen LogP contribution in [0.2, 0.25) is 5.02 Å². The Labute approximate surface area is 419 Å². The van der Waals surface area contributed by atoms with E-state index in [1.54, 1.807) is 24.4 Å². The van der Waals surface area contributed by atoms with Crippen LogP contribution in [-0.2, 0) is 14.8 Å². The van der Waals surface area contributed by atoms with Gasteiger partial charge in [-0.05, 0) is 130 Å². The second-order valence-corrected chi connectivity index (χ2v) is 22.2. The van der Waals surface area contributed by atoms with Gasteiger partial charge in [0.1, 0.15) is 29.4 Å². The summed E-state index contributed by atoms with van der Waals surface area (Å²) in [6.45, 7) is 11.9. The predicted octanol–water partition coefficient (Wildman–Crippen LogP) is 10.4. The van der Waals surface area contributed by atoms with Crippen molar-refractivity contribution in [3.05, 3.63) is 117 Å². The number of allylic oxidation sites excluding steroid dienone is 1. The molecule has 15 nitrogen and oxygen atoms in total. The molecule has 0 radical (unpaired) electrons. The number of nitrogens with zero attached hydrogens (tertiary/aromatic N) is 5. The number of piperazine rings is 1. The van der Waals surface area contributed by atoms with E-state index in [9.17, 15) is 23.3 Å². The van der Waals surface area contributed by atoms with Gasteiger partial charge < -0.3 is 24.1 Å². The Morgan fingerprint density at radius 1 is 0.972 bits per heavy atom. The van der Waals surface area contributed by atoms with E-state index in [1.807, 2.05) is 18.2 Å². The van der Waals surface area contributed by atoms with Crippen LogP contribution in [0.15, 0.2) is 95.7 Å².